The lowest BCUT2D eigenvalue weighted by molar-refractivity contribution is -0.00381. The third-order valence-electron chi connectivity index (χ3n) is 6.67. The summed E-state index contributed by atoms with van der Waals surface area (Å²) in [6, 6.07) is 15.2. The highest BCUT2D eigenvalue weighted by molar-refractivity contribution is 7.76. The van der Waals surface area contributed by atoms with E-state index < -0.39 is 23.4 Å². The van der Waals surface area contributed by atoms with Crippen LogP contribution >= 0.6 is 0 Å². The van der Waals surface area contributed by atoms with E-state index in [0.29, 0.717) is 18.7 Å². The van der Waals surface area contributed by atoms with Gasteiger partial charge < -0.3 is 19.5 Å². The second kappa shape index (κ2) is 10.9. The molecule has 0 aliphatic heterocycles. The summed E-state index contributed by atoms with van der Waals surface area (Å²) < 4.78 is 29.8. The van der Waals surface area contributed by atoms with Gasteiger partial charge in [0.15, 0.2) is 0 Å². The van der Waals surface area contributed by atoms with E-state index in [-0.39, 0.29) is 18.2 Å². The van der Waals surface area contributed by atoms with Gasteiger partial charge >= 0.3 is 0 Å². The van der Waals surface area contributed by atoms with Crippen LogP contribution in [0, 0.1) is 11.8 Å². The van der Waals surface area contributed by atoms with Gasteiger partial charge in [-0.15, -0.1) is 0 Å². The average Bonchev–Trinajstić information content (AvgIpc) is 3.34. The Hall–Kier alpha value is -3.00. The van der Waals surface area contributed by atoms with Gasteiger partial charge in [0.2, 0.25) is 11.3 Å². The van der Waals surface area contributed by atoms with E-state index in [4.69, 9.17) is 4.74 Å². The maximum atomic E-state index is 11.3. The summed E-state index contributed by atoms with van der Waals surface area (Å²) in [5.41, 5.74) is 2.58. The average molecular weight is 510 g/mol. The fourth-order valence-electron chi connectivity index (χ4n) is 4.40. The molecule has 1 fully saturated rings. The standard InChI is InChI=1S/C27H31N3O5S/c1-19(32)26-28-14-15-30(26)23(18-31)11-6-20-4-7-21(8-5-20)22-9-12-24(13-10-22)35-25-16-27(2,17-25)29(3)36(33)34/h4-5,7-10,12-15,19,23,25,31-32H,16-18H2,1-3H3,(H,33,34)/t19-,23-,25?,27?/m0/s1. The smallest absolute Gasteiger partial charge is 0.234 e. The van der Waals surface area contributed by atoms with E-state index in [2.05, 4.69) is 16.8 Å². The van der Waals surface area contributed by atoms with Crippen molar-refractivity contribution in [2.24, 2.45) is 0 Å². The first-order valence-corrected chi connectivity index (χ1v) is 12.8. The molecule has 2 aromatic carbocycles. The van der Waals surface area contributed by atoms with Gasteiger partial charge in [-0.05, 0) is 49.2 Å². The van der Waals surface area contributed by atoms with Crippen LogP contribution in [-0.2, 0) is 11.3 Å². The highest BCUT2D eigenvalue weighted by Gasteiger charge is 2.46. The lowest BCUT2D eigenvalue weighted by atomic mass is 9.76. The number of benzene rings is 2. The molecule has 36 heavy (non-hydrogen) atoms. The molecule has 3 N–H and O–H groups in total. The molecule has 1 saturated carbocycles. The predicted octanol–water partition coefficient (Wildman–Crippen LogP) is 3.56. The minimum atomic E-state index is -1.98. The fourth-order valence-corrected chi connectivity index (χ4v) is 4.92. The van der Waals surface area contributed by atoms with E-state index >= 15 is 0 Å². The summed E-state index contributed by atoms with van der Waals surface area (Å²) in [6.45, 7) is 3.41. The maximum Gasteiger partial charge on any atom is 0.234 e. The van der Waals surface area contributed by atoms with Gasteiger partial charge in [-0.25, -0.2) is 9.19 Å². The highest BCUT2D eigenvalue weighted by atomic mass is 32.2. The molecular formula is C27H31N3O5S. The molecule has 1 unspecified atom stereocenters. The monoisotopic (exact) mass is 509 g/mol. The molecule has 9 heteroatoms. The number of nitrogens with zero attached hydrogens (tertiary/aromatic N) is 3. The van der Waals surface area contributed by atoms with Gasteiger partial charge in [0.25, 0.3) is 0 Å². The van der Waals surface area contributed by atoms with Crippen LogP contribution < -0.4 is 4.74 Å². The molecule has 0 radical (unpaired) electrons. The molecule has 1 heterocycles. The quantitative estimate of drug-likeness (QED) is 0.317. The Labute approximate surface area is 214 Å². The van der Waals surface area contributed by atoms with Crippen LogP contribution in [0.5, 0.6) is 5.75 Å². The minimum absolute atomic E-state index is 0.0199. The van der Waals surface area contributed by atoms with Gasteiger partial charge in [-0.1, -0.05) is 36.1 Å². The highest BCUT2D eigenvalue weighted by Crippen LogP contribution is 2.39. The number of aliphatic hydroxyl groups excluding tert-OH is 2. The van der Waals surface area contributed by atoms with E-state index in [1.807, 2.05) is 55.5 Å². The van der Waals surface area contributed by atoms with Crippen LogP contribution in [-0.4, -0.2) is 58.1 Å². The van der Waals surface area contributed by atoms with Crippen LogP contribution in [0.15, 0.2) is 60.9 Å². The second-order valence-electron chi connectivity index (χ2n) is 9.31. The molecular weight excluding hydrogens is 478 g/mol. The topological polar surface area (TPSA) is 108 Å². The van der Waals surface area contributed by atoms with Crippen molar-refractivity contribution in [3.8, 4) is 28.7 Å². The molecule has 8 nitrogen and oxygen atoms in total. The summed E-state index contributed by atoms with van der Waals surface area (Å²) in [6.07, 6.45) is 3.94. The number of imidazole rings is 1. The van der Waals surface area contributed by atoms with Crippen molar-refractivity contribution in [3.05, 3.63) is 72.3 Å². The molecule has 0 saturated heterocycles. The first-order chi connectivity index (χ1) is 17.2. The van der Waals surface area contributed by atoms with Gasteiger partial charge in [0.1, 0.15) is 29.8 Å². The van der Waals surface area contributed by atoms with E-state index in [1.54, 1.807) is 30.9 Å². The molecule has 0 spiro atoms. The SMILES string of the molecule is C[C@H](O)c1nccn1[C@@H](C#Cc1ccc(-c2ccc(OC3CC(C)(N(C)S(=O)O)C3)cc2)cc1)CO. The fraction of sp³-hybridized carbons (Fsp3) is 0.370. The number of hydrogen-bond donors (Lipinski definition) is 3. The summed E-state index contributed by atoms with van der Waals surface area (Å²) in [4.78, 5) is 4.14. The second-order valence-corrected chi connectivity index (χ2v) is 10.3. The zero-order valence-corrected chi connectivity index (χ0v) is 21.4. The summed E-state index contributed by atoms with van der Waals surface area (Å²) in [5, 5.41) is 19.6. The molecule has 0 bridgehead atoms. The van der Waals surface area contributed by atoms with E-state index in [0.717, 1.165) is 22.4 Å². The van der Waals surface area contributed by atoms with Crippen molar-refractivity contribution in [1.29, 1.82) is 0 Å². The van der Waals surface area contributed by atoms with Crippen molar-refractivity contribution >= 4 is 11.3 Å². The first-order valence-electron chi connectivity index (χ1n) is 11.8. The number of hydrogen-bond acceptors (Lipinski definition) is 5. The molecule has 3 atom stereocenters. The van der Waals surface area contributed by atoms with Crippen molar-refractivity contribution < 1.29 is 23.7 Å². The lowest BCUT2D eigenvalue weighted by Gasteiger charge is -2.48. The van der Waals surface area contributed by atoms with Crippen LogP contribution in [0.4, 0.5) is 0 Å². The molecule has 1 aliphatic carbocycles. The summed E-state index contributed by atoms with van der Waals surface area (Å²) in [7, 11) is 1.65. The number of ether oxygens (including phenoxy) is 1. The summed E-state index contributed by atoms with van der Waals surface area (Å²) in [5.74, 6) is 7.39. The lowest BCUT2D eigenvalue weighted by Crippen LogP contribution is -2.57. The predicted molar refractivity (Wildman–Crippen MR) is 138 cm³/mol. The first kappa shape index (κ1) is 26.1. The Morgan fingerprint density at radius 2 is 1.81 bits per heavy atom. The van der Waals surface area contributed by atoms with E-state index in [1.165, 1.54) is 4.31 Å². The molecule has 3 aromatic rings. The Balaban J connectivity index is 1.37. The van der Waals surface area contributed by atoms with Crippen molar-refractivity contribution in [3.63, 3.8) is 0 Å². The molecule has 0 amide bonds. The Bertz CT molecular complexity index is 1260. The normalized spacial score (nSPS) is 21.7. The Morgan fingerprint density at radius 3 is 2.36 bits per heavy atom. The zero-order valence-electron chi connectivity index (χ0n) is 20.5. The maximum absolute atomic E-state index is 11.3. The Kier molecular flexibility index (Phi) is 7.93. The van der Waals surface area contributed by atoms with Crippen LogP contribution in [0.3, 0.4) is 0 Å². The largest absolute Gasteiger partial charge is 0.490 e. The molecule has 190 valence electrons. The Morgan fingerprint density at radius 1 is 1.19 bits per heavy atom. The number of aliphatic hydroxyl groups is 2. The van der Waals surface area contributed by atoms with Crippen LogP contribution in [0.25, 0.3) is 11.1 Å². The van der Waals surface area contributed by atoms with Crippen LogP contribution in [0.2, 0.25) is 0 Å². The van der Waals surface area contributed by atoms with Gasteiger partial charge in [0, 0.05) is 43.4 Å². The molecule has 4 rings (SSSR count). The van der Waals surface area contributed by atoms with Crippen LogP contribution in [0.1, 0.15) is 50.2 Å². The molecule has 1 aliphatic rings. The van der Waals surface area contributed by atoms with Crippen molar-refractivity contribution in [1.82, 2.24) is 13.9 Å². The minimum Gasteiger partial charge on any atom is -0.490 e. The third-order valence-corrected chi connectivity index (χ3v) is 7.58. The van der Waals surface area contributed by atoms with Gasteiger partial charge in [-0.3, -0.25) is 4.55 Å². The number of aromatic nitrogens is 2. The van der Waals surface area contributed by atoms with Gasteiger partial charge in [0.05, 0.1) is 6.61 Å². The zero-order chi connectivity index (χ0) is 25.9. The van der Waals surface area contributed by atoms with Gasteiger partial charge in [-0.2, -0.15) is 4.31 Å². The third kappa shape index (κ3) is 5.69. The van der Waals surface area contributed by atoms with Crippen molar-refractivity contribution in [2.75, 3.05) is 13.7 Å². The summed E-state index contributed by atoms with van der Waals surface area (Å²) >= 11 is -1.98. The van der Waals surface area contributed by atoms with Crippen molar-refractivity contribution in [2.45, 2.75) is 50.5 Å². The number of rotatable bonds is 8. The molecule has 1 aromatic heterocycles. The van der Waals surface area contributed by atoms with E-state index in [9.17, 15) is 19.0 Å².